The highest BCUT2D eigenvalue weighted by Gasteiger charge is 2.40. The average Bonchev–Trinajstić information content (AvgIpc) is 2.86. The predicted octanol–water partition coefficient (Wildman–Crippen LogP) is 6.20. The molecule has 0 fully saturated rings. The Labute approximate surface area is 220 Å². The maximum Gasteiger partial charge on any atom is 0.335 e. The van der Waals surface area contributed by atoms with Crippen molar-refractivity contribution in [1.82, 2.24) is 0 Å². The molecule has 0 aliphatic heterocycles. The Morgan fingerprint density at radius 3 is 2.30 bits per heavy atom. The molecule has 0 bridgehead atoms. The summed E-state index contributed by atoms with van der Waals surface area (Å²) in [6.45, 7) is 14.2. The van der Waals surface area contributed by atoms with E-state index >= 15 is 0 Å². The molecule has 1 N–H and O–H groups in total. The zero-order chi connectivity index (χ0) is 27.2. The fourth-order valence-corrected chi connectivity index (χ4v) is 4.61. The highest BCUT2D eigenvalue weighted by molar-refractivity contribution is 5.87. The number of ether oxygens (including phenoxy) is 3. The first-order chi connectivity index (χ1) is 17.5. The minimum Gasteiger partial charge on any atom is -0.491 e. The van der Waals surface area contributed by atoms with E-state index in [-0.39, 0.29) is 28.8 Å². The fourth-order valence-electron chi connectivity index (χ4n) is 4.61. The van der Waals surface area contributed by atoms with Gasteiger partial charge in [-0.05, 0) is 78.5 Å². The molecule has 1 aliphatic rings. The van der Waals surface area contributed by atoms with Crippen molar-refractivity contribution >= 4 is 11.9 Å². The van der Waals surface area contributed by atoms with Gasteiger partial charge in [-0.3, -0.25) is 4.79 Å². The largest absolute Gasteiger partial charge is 0.491 e. The topological polar surface area (TPSA) is 82.1 Å². The molecule has 198 valence electrons. The summed E-state index contributed by atoms with van der Waals surface area (Å²) < 4.78 is 17.6. The van der Waals surface area contributed by atoms with Crippen molar-refractivity contribution in [2.75, 3.05) is 19.8 Å². The molecule has 6 nitrogen and oxygen atoms in total. The van der Waals surface area contributed by atoms with Crippen LogP contribution in [0.2, 0.25) is 0 Å². The maximum atomic E-state index is 12.4. The Morgan fingerprint density at radius 1 is 1.00 bits per heavy atom. The van der Waals surface area contributed by atoms with Crippen molar-refractivity contribution in [2.45, 2.75) is 77.7 Å². The van der Waals surface area contributed by atoms with Gasteiger partial charge in [-0.1, -0.05) is 40.5 Å². The van der Waals surface area contributed by atoms with Crippen molar-refractivity contribution in [3.8, 4) is 17.6 Å². The Morgan fingerprint density at radius 2 is 1.68 bits per heavy atom. The number of rotatable bonds is 9. The number of fused-ring (bicyclic) bond motifs is 1. The Kier molecular flexibility index (Phi) is 9.04. The lowest BCUT2D eigenvalue weighted by Gasteiger charge is -2.43. The van der Waals surface area contributed by atoms with Crippen LogP contribution in [0.1, 0.15) is 99.5 Å². The van der Waals surface area contributed by atoms with E-state index in [1.54, 1.807) is 19.1 Å². The lowest BCUT2D eigenvalue weighted by Crippen LogP contribution is -2.35. The Hall–Kier alpha value is -3.30. The van der Waals surface area contributed by atoms with Crippen molar-refractivity contribution in [3.63, 3.8) is 0 Å². The second kappa shape index (κ2) is 11.8. The number of carboxylic acid groups (broad SMARTS) is 1. The van der Waals surface area contributed by atoms with E-state index in [4.69, 9.17) is 19.3 Å². The monoisotopic (exact) mass is 506 g/mol. The van der Waals surface area contributed by atoms with E-state index < -0.39 is 12.1 Å². The molecule has 37 heavy (non-hydrogen) atoms. The van der Waals surface area contributed by atoms with Crippen LogP contribution in [0.5, 0.6) is 5.75 Å². The van der Waals surface area contributed by atoms with E-state index in [9.17, 15) is 9.59 Å². The van der Waals surface area contributed by atoms with Crippen molar-refractivity contribution < 1.29 is 28.9 Å². The minimum absolute atomic E-state index is 0.0719. The van der Waals surface area contributed by atoms with Crippen molar-refractivity contribution in [3.05, 3.63) is 64.2 Å². The van der Waals surface area contributed by atoms with E-state index in [0.717, 1.165) is 24.2 Å². The number of aromatic carboxylic acids is 1. The lowest BCUT2D eigenvalue weighted by molar-refractivity contribution is -0.146. The zero-order valence-electron chi connectivity index (χ0n) is 22.8. The van der Waals surface area contributed by atoms with Crippen LogP contribution in [0, 0.1) is 11.8 Å². The highest BCUT2D eigenvalue weighted by atomic mass is 16.5. The standard InChI is InChI=1S/C31H38O6/c1-7-27(32)37-25(14-11-21-9-12-22(13-10-21)29(33)34)23-19-24-28(26(20-23)36-18-17-35-8-2)31(5,6)16-15-30(24,3)4/h9-10,12-13,19-20,25H,7-8,15-18H2,1-6H3,(H,33,34). The summed E-state index contributed by atoms with van der Waals surface area (Å²) in [5.41, 5.74) is 3.78. The molecule has 2 aromatic rings. The quantitative estimate of drug-likeness (QED) is 0.248. The summed E-state index contributed by atoms with van der Waals surface area (Å²) in [5.74, 6) is 5.59. The van der Waals surface area contributed by atoms with Gasteiger partial charge in [0.25, 0.3) is 0 Å². The van der Waals surface area contributed by atoms with E-state index in [1.165, 1.54) is 23.3 Å². The molecule has 0 aromatic heterocycles. The maximum absolute atomic E-state index is 12.4. The molecule has 2 aromatic carbocycles. The summed E-state index contributed by atoms with van der Waals surface area (Å²) in [4.78, 5) is 23.5. The average molecular weight is 507 g/mol. The number of esters is 1. The van der Waals surface area contributed by atoms with Crippen molar-refractivity contribution in [2.24, 2.45) is 0 Å². The summed E-state index contributed by atoms with van der Waals surface area (Å²) in [7, 11) is 0. The first-order valence-electron chi connectivity index (χ1n) is 12.9. The molecule has 1 atom stereocenters. The smallest absolute Gasteiger partial charge is 0.335 e. The Balaban J connectivity index is 2.10. The number of carbonyl (C=O) groups excluding carboxylic acids is 1. The molecule has 0 radical (unpaired) electrons. The fraction of sp³-hybridized carbons (Fsp3) is 0.484. The van der Waals surface area contributed by atoms with E-state index in [1.807, 2.05) is 13.0 Å². The van der Waals surface area contributed by atoms with Gasteiger partial charge in [0.2, 0.25) is 0 Å². The third-order valence-corrected chi connectivity index (χ3v) is 6.91. The number of carboxylic acids is 1. The Bertz CT molecular complexity index is 1180. The van der Waals surface area contributed by atoms with Gasteiger partial charge in [-0.25, -0.2) is 4.79 Å². The van der Waals surface area contributed by atoms with Gasteiger partial charge < -0.3 is 19.3 Å². The van der Waals surface area contributed by atoms with Crippen LogP contribution in [0.25, 0.3) is 0 Å². The summed E-state index contributed by atoms with van der Waals surface area (Å²) >= 11 is 0. The zero-order valence-corrected chi connectivity index (χ0v) is 22.8. The second-order valence-electron chi connectivity index (χ2n) is 10.6. The number of hydrogen-bond donors (Lipinski definition) is 1. The summed E-state index contributed by atoms with van der Waals surface area (Å²) in [6, 6.07) is 10.4. The molecular weight excluding hydrogens is 468 g/mol. The predicted molar refractivity (Wildman–Crippen MR) is 143 cm³/mol. The van der Waals surface area contributed by atoms with Gasteiger partial charge in [0.05, 0.1) is 12.2 Å². The van der Waals surface area contributed by atoms with Gasteiger partial charge >= 0.3 is 11.9 Å². The van der Waals surface area contributed by atoms with E-state index in [0.29, 0.717) is 25.4 Å². The molecular formula is C31H38O6. The van der Waals surface area contributed by atoms with Crippen LogP contribution in [-0.4, -0.2) is 36.9 Å². The molecule has 0 saturated heterocycles. The number of hydrogen-bond acceptors (Lipinski definition) is 5. The van der Waals surface area contributed by atoms with Crippen molar-refractivity contribution in [1.29, 1.82) is 0 Å². The van der Waals surface area contributed by atoms with E-state index in [2.05, 4.69) is 45.6 Å². The highest BCUT2D eigenvalue weighted by Crippen LogP contribution is 2.50. The third kappa shape index (κ3) is 6.93. The molecule has 6 heteroatoms. The van der Waals surface area contributed by atoms with Gasteiger partial charge in [-0.15, -0.1) is 0 Å². The van der Waals surface area contributed by atoms with Crippen LogP contribution in [0.3, 0.4) is 0 Å². The molecule has 0 spiro atoms. The van der Waals surface area contributed by atoms with Crippen LogP contribution in [0.4, 0.5) is 0 Å². The van der Waals surface area contributed by atoms with Crippen LogP contribution in [0.15, 0.2) is 36.4 Å². The molecule has 1 aliphatic carbocycles. The van der Waals surface area contributed by atoms with Gasteiger partial charge in [0.1, 0.15) is 12.4 Å². The summed E-state index contributed by atoms with van der Waals surface area (Å²) in [6.07, 6.45) is 1.49. The molecule has 0 heterocycles. The molecule has 3 rings (SSSR count). The third-order valence-electron chi connectivity index (χ3n) is 6.91. The second-order valence-corrected chi connectivity index (χ2v) is 10.6. The summed E-state index contributed by atoms with van der Waals surface area (Å²) in [5, 5.41) is 9.15. The normalized spacial score (nSPS) is 16.1. The first-order valence-corrected chi connectivity index (χ1v) is 12.9. The minimum atomic E-state index is -0.995. The molecule has 0 saturated carbocycles. The van der Waals surface area contributed by atoms with Crippen LogP contribution >= 0.6 is 0 Å². The number of benzene rings is 2. The first kappa shape index (κ1) is 28.3. The van der Waals surface area contributed by atoms with Gasteiger partial charge in [-0.2, -0.15) is 0 Å². The van der Waals surface area contributed by atoms with Gasteiger partial charge in [0, 0.05) is 29.7 Å². The van der Waals surface area contributed by atoms with Crippen LogP contribution in [-0.2, 0) is 25.1 Å². The van der Waals surface area contributed by atoms with Gasteiger partial charge in [0.15, 0.2) is 6.10 Å². The lowest BCUT2D eigenvalue weighted by atomic mass is 9.62. The van der Waals surface area contributed by atoms with Crippen LogP contribution < -0.4 is 4.74 Å². The number of carbonyl (C=O) groups is 2. The molecule has 0 amide bonds. The SMILES string of the molecule is CCOCCOc1cc(C(C#Cc2ccc(C(=O)O)cc2)OC(=O)CC)cc2c1C(C)(C)CCC2(C)C. The molecule has 1 unspecified atom stereocenters.